The second-order valence-corrected chi connectivity index (χ2v) is 3.63. The number of halogens is 3. The summed E-state index contributed by atoms with van der Waals surface area (Å²) in [6.45, 7) is 5.10. The van der Waals surface area contributed by atoms with Crippen LogP contribution < -0.4 is 4.74 Å². The van der Waals surface area contributed by atoms with Gasteiger partial charge >= 0.3 is 6.61 Å². The highest BCUT2D eigenvalue weighted by molar-refractivity contribution is 6.32. The highest BCUT2D eigenvalue weighted by Gasteiger charge is 2.10. The van der Waals surface area contributed by atoms with E-state index in [-0.39, 0.29) is 16.7 Å². The monoisotopic (exact) mass is 250 g/mol. The van der Waals surface area contributed by atoms with Crippen LogP contribution in [0.5, 0.6) is 5.75 Å². The van der Waals surface area contributed by atoms with E-state index in [1.807, 2.05) is 27.7 Å². The van der Waals surface area contributed by atoms with Crippen LogP contribution in [0.2, 0.25) is 5.02 Å². The van der Waals surface area contributed by atoms with Gasteiger partial charge in [-0.15, -0.1) is 0 Å². The van der Waals surface area contributed by atoms with E-state index in [2.05, 4.69) is 4.74 Å². The third kappa shape index (κ3) is 4.79. The SMILES string of the molecule is CC.CC(C)c1ccc(Cl)c(OC(F)F)c1. The van der Waals surface area contributed by atoms with Gasteiger partial charge in [0.05, 0.1) is 5.02 Å². The van der Waals surface area contributed by atoms with Gasteiger partial charge in [-0.05, 0) is 23.6 Å². The van der Waals surface area contributed by atoms with Gasteiger partial charge in [0.2, 0.25) is 0 Å². The van der Waals surface area contributed by atoms with E-state index in [1.54, 1.807) is 18.2 Å². The standard InChI is InChI=1S/C10H11ClF2O.C2H6/c1-6(2)7-3-4-8(11)9(5-7)14-10(12)13;1-2/h3-6,10H,1-2H3;1-2H3. The van der Waals surface area contributed by atoms with Gasteiger partial charge in [-0.25, -0.2) is 0 Å². The molecule has 1 aromatic rings. The Morgan fingerprint density at radius 1 is 1.19 bits per heavy atom. The molecule has 0 unspecified atom stereocenters. The van der Waals surface area contributed by atoms with Crippen molar-refractivity contribution in [2.24, 2.45) is 0 Å². The molecule has 0 atom stereocenters. The van der Waals surface area contributed by atoms with Crippen molar-refractivity contribution in [1.82, 2.24) is 0 Å². The maximum absolute atomic E-state index is 12.0. The second-order valence-electron chi connectivity index (χ2n) is 3.22. The van der Waals surface area contributed by atoms with Crippen LogP contribution in [0, 0.1) is 0 Å². The average Bonchev–Trinajstić information content (AvgIpc) is 2.23. The van der Waals surface area contributed by atoms with Crippen molar-refractivity contribution in [3.63, 3.8) is 0 Å². The zero-order valence-corrected chi connectivity index (χ0v) is 10.7. The van der Waals surface area contributed by atoms with E-state index in [0.717, 1.165) is 5.56 Å². The normalized spacial score (nSPS) is 10.1. The molecule has 0 aliphatic carbocycles. The Labute approximate surface area is 100 Å². The fraction of sp³-hybridized carbons (Fsp3) is 0.500. The van der Waals surface area contributed by atoms with Gasteiger partial charge in [-0.1, -0.05) is 45.4 Å². The quantitative estimate of drug-likeness (QED) is 0.726. The van der Waals surface area contributed by atoms with Gasteiger partial charge in [0.25, 0.3) is 0 Å². The lowest BCUT2D eigenvalue weighted by atomic mass is 10.0. The predicted octanol–water partition coefficient (Wildman–Crippen LogP) is 5.09. The third-order valence-electron chi connectivity index (χ3n) is 1.84. The molecule has 0 saturated carbocycles. The molecular formula is C12H17ClF2O. The number of hydrogen-bond donors (Lipinski definition) is 0. The largest absolute Gasteiger partial charge is 0.433 e. The smallest absolute Gasteiger partial charge is 0.387 e. The molecule has 4 heteroatoms. The molecule has 0 aliphatic rings. The van der Waals surface area contributed by atoms with Crippen LogP contribution in [-0.4, -0.2) is 6.61 Å². The Morgan fingerprint density at radius 2 is 1.75 bits per heavy atom. The first-order valence-electron chi connectivity index (χ1n) is 5.25. The molecule has 0 spiro atoms. The van der Waals surface area contributed by atoms with Crippen molar-refractivity contribution in [3.05, 3.63) is 28.8 Å². The predicted molar refractivity (Wildman–Crippen MR) is 63.5 cm³/mol. The van der Waals surface area contributed by atoms with Gasteiger partial charge < -0.3 is 4.74 Å². The van der Waals surface area contributed by atoms with Gasteiger partial charge in [-0.2, -0.15) is 8.78 Å². The van der Waals surface area contributed by atoms with Gasteiger partial charge in [0.15, 0.2) is 0 Å². The first-order chi connectivity index (χ1) is 7.50. The van der Waals surface area contributed by atoms with Crippen LogP contribution in [0.25, 0.3) is 0 Å². The number of hydrogen-bond acceptors (Lipinski definition) is 1. The molecule has 0 saturated heterocycles. The molecule has 0 amide bonds. The summed E-state index contributed by atoms with van der Waals surface area (Å²) in [5, 5.41) is 0.203. The second kappa shape index (κ2) is 7.44. The van der Waals surface area contributed by atoms with Gasteiger partial charge in [0, 0.05) is 0 Å². The van der Waals surface area contributed by atoms with Crippen LogP contribution in [0.3, 0.4) is 0 Å². The van der Waals surface area contributed by atoms with Crippen molar-refractivity contribution in [1.29, 1.82) is 0 Å². The molecule has 0 fully saturated rings. The lowest BCUT2D eigenvalue weighted by molar-refractivity contribution is -0.0498. The van der Waals surface area contributed by atoms with Crippen LogP contribution >= 0.6 is 11.6 Å². The Bertz CT molecular complexity index is 314. The average molecular weight is 251 g/mol. The number of rotatable bonds is 3. The van der Waals surface area contributed by atoms with Crippen molar-refractivity contribution in [2.75, 3.05) is 0 Å². The number of benzene rings is 1. The molecule has 1 rings (SSSR count). The summed E-state index contributed by atoms with van der Waals surface area (Å²) < 4.78 is 28.2. The minimum atomic E-state index is -2.84. The first-order valence-corrected chi connectivity index (χ1v) is 5.62. The molecule has 16 heavy (non-hydrogen) atoms. The lowest BCUT2D eigenvalue weighted by Crippen LogP contribution is -2.03. The topological polar surface area (TPSA) is 9.23 Å². The maximum Gasteiger partial charge on any atom is 0.387 e. The Kier molecular flexibility index (Phi) is 7.06. The molecule has 0 heterocycles. The molecule has 0 radical (unpaired) electrons. The lowest BCUT2D eigenvalue weighted by Gasteiger charge is -2.10. The van der Waals surface area contributed by atoms with E-state index in [9.17, 15) is 8.78 Å². The van der Waals surface area contributed by atoms with Crippen LogP contribution in [0.15, 0.2) is 18.2 Å². The molecule has 0 aromatic heterocycles. The minimum absolute atomic E-state index is 0.0351. The highest BCUT2D eigenvalue weighted by Crippen LogP contribution is 2.29. The number of alkyl halides is 2. The van der Waals surface area contributed by atoms with Crippen molar-refractivity contribution >= 4 is 11.6 Å². The summed E-state index contributed by atoms with van der Waals surface area (Å²) >= 11 is 5.69. The zero-order valence-electron chi connectivity index (χ0n) is 9.93. The zero-order chi connectivity index (χ0) is 12.7. The number of ether oxygens (including phenoxy) is 1. The summed E-state index contributed by atoms with van der Waals surface area (Å²) in [5.74, 6) is 0.292. The van der Waals surface area contributed by atoms with Crippen LogP contribution in [0.4, 0.5) is 8.78 Å². The summed E-state index contributed by atoms with van der Waals surface area (Å²) in [6.07, 6.45) is 0. The Hall–Kier alpha value is -0.830. The van der Waals surface area contributed by atoms with E-state index in [0.29, 0.717) is 0 Å². The summed E-state index contributed by atoms with van der Waals surface area (Å²) in [4.78, 5) is 0. The molecule has 1 nitrogen and oxygen atoms in total. The van der Waals surface area contributed by atoms with E-state index in [1.165, 1.54) is 0 Å². The van der Waals surface area contributed by atoms with Crippen molar-refractivity contribution in [2.45, 2.75) is 40.2 Å². The molecule has 0 aliphatic heterocycles. The van der Waals surface area contributed by atoms with E-state index >= 15 is 0 Å². The van der Waals surface area contributed by atoms with E-state index in [4.69, 9.17) is 11.6 Å². The maximum atomic E-state index is 12.0. The van der Waals surface area contributed by atoms with E-state index < -0.39 is 6.61 Å². The molecular weight excluding hydrogens is 234 g/mol. The Morgan fingerprint density at radius 3 is 2.19 bits per heavy atom. The van der Waals surface area contributed by atoms with Crippen LogP contribution in [-0.2, 0) is 0 Å². The fourth-order valence-corrected chi connectivity index (χ4v) is 1.23. The minimum Gasteiger partial charge on any atom is -0.433 e. The third-order valence-corrected chi connectivity index (χ3v) is 2.15. The first kappa shape index (κ1) is 15.2. The molecule has 0 N–H and O–H groups in total. The summed E-state index contributed by atoms with van der Waals surface area (Å²) in [7, 11) is 0. The van der Waals surface area contributed by atoms with Gasteiger partial charge in [0.1, 0.15) is 5.75 Å². The van der Waals surface area contributed by atoms with Crippen LogP contribution in [0.1, 0.15) is 39.2 Å². The highest BCUT2D eigenvalue weighted by atomic mass is 35.5. The fourth-order valence-electron chi connectivity index (χ4n) is 1.07. The molecule has 92 valence electrons. The Balaban J connectivity index is 0.00000106. The summed E-state index contributed by atoms with van der Waals surface area (Å²) in [6, 6.07) is 4.90. The summed E-state index contributed by atoms with van der Waals surface area (Å²) in [5.41, 5.74) is 0.921. The van der Waals surface area contributed by atoms with Gasteiger partial charge in [-0.3, -0.25) is 0 Å². The van der Waals surface area contributed by atoms with Crippen molar-refractivity contribution in [3.8, 4) is 5.75 Å². The molecule has 0 bridgehead atoms. The van der Waals surface area contributed by atoms with Crippen molar-refractivity contribution < 1.29 is 13.5 Å². The molecule has 1 aromatic carbocycles.